The molecule has 0 spiro atoms. The van der Waals surface area contributed by atoms with E-state index < -0.39 is 11.1 Å². The minimum atomic E-state index is -0.421. The number of thioether (sulfide) groups is 1. The average molecular weight is 412 g/mol. The normalized spacial score (nSPS) is 15.7. The van der Waals surface area contributed by atoms with Crippen molar-refractivity contribution in [2.75, 3.05) is 13.1 Å². The SMILES string of the molecule is O=C(CN1C(=O)SC(=Cc2cccs2)C1=O)NCCc1c[nH]c2ccccc12. The standard InChI is InChI=1S/C20H17N3O3S2/c24-18(21-8-7-13-11-22-16-6-2-1-5-15(13)16)12-23-19(25)17(28-20(23)26)10-14-4-3-9-27-14/h1-6,9-11,22H,7-8,12H2,(H,21,24). The summed E-state index contributed by atoms with van der Waals surface area (Å²) in [6.07, 6.45) is 4.28. The summed E-state index contributed by atoms with van der Waals surface area (Å²) in [7, 11) is 0. The van der Waals surface area contributed by atoms with Crippen LogP contribution in [0.15, 0.2) is 52.9 Å². The molecular weight excluding hydrogens is 394 g/mol. The molecule has 1 aliphatic rings. The summed E-state index contributed by atoms with van der Waals surface area (Å²) in [6, 6.07) is 11.7. The second-order valence-corrected chi connectivity index (χ2v) is 8.22. The van der Waals surface area contributed by atoms with Gasteiger partial charge in [-0.1, -0.05) is 24.3 Å². The number of hydrogen-bond acceptors (Lipinski definition) is 5. The molecule has 3 aromatic rings. The lowest BCUT2D eigenvalue weighted by atomic mass is 10.1. The number of carbonyl (C=O) groups is 3. The first-order valence-electron chi connectivity index (χ1n) is 8.72. The third-order valence-electron chi connectivity index (χ3n) is 4.38. The summed E-state index contributed by atoms with van der Waals surface area (Å²) in [6.45, 7) is 0.169. The summed E-state index contributed by atoms with van der Waals surface area (Å²) in [5, 5.41) is 5.40. The average Bonchev–Trinajstić information content (AvgIpc) is 3.40. The van der Waals surface area contributed by atoms with E-state index in [0.29, 0.717) is 17.9 Å². The van der Waals surface area contributed by atoms with Crippen LogP contribution in [-0.2, 0) is 16.0 Å². The van der Waals surface area contributed by atoms with Crippen LogP contribution in [0.4, 0.5) is 4.79 Å². The van der Waals surface area contributed by atoms with E-state index in [1.807, 2.05) is 48.0 Å². The number of benzene rings is 1. The molecule has 0 bridgehead atoms. The molecule has 0 unspecified atom stereocenters. The van der Waals surface area contributed by atoms with E-state index in [-0.39, 0.29) is 12.5 Å². The van der Waals surface area contributed by atoms with E-state index in [2.05, 4.69) is 10.3 Å². The van der Waals surface area contributed by atoms with E-state index in [0.717, 1.165) is 38.0 Å². The quantitative estimate of drug-likeness (QED) is 0.607. The van der Waals surface area contributed by atoms with Crippen LogP contribution in [0.1, 0.15) is 10.4 Å². The first-order valence-corrected chi connectivity index (χ1v) is 10.4. The van der Waals surface area contributed by atoms with Crippen LogP contribution in [0.3, 0.4) is 0 Å². The molecular formula is C20H17N3O3S2. The van der Waals surface area contributed by atoms with Crippen molar-refractivity contribution in [2.45, 2.75) is 6.42 Å². The monoisotopic (exact) mass is 411 g/mol. The molecule has 8 heteroatoms. The van der Waals surface area contributed by atoms with Crippen molar-refractivity contribution in [2.24, 2.45) is 0 Å². The predicted molar refractivity (Wildman–Crippen MR) is 112 cm³/mol. The van der Waals surface area contributed by atoms with Gasteiger partial charge in [-0.2, -0.15) is 0 Å². The highest BCUT2D eigenvalue weighted by molar-refractivity contribution is 8.18. The molecule has 3 heterocycles. The molecule has 3 amide bonds. The number of nitrogens with zero attached hydrogens (tertiary/aromatic N) is 1. The second kappa shape index (κ2) is 8.04. The highest BCUT2D eigenvalue weighted by Gasteiger charge is 2.36. The maximum Gasteiger partial charge on any atom is 0.294 e. The highest BCUT2D eigenvalue weighted by Crippen LogP contribution is 2.32. The lowest BCUT2D eigenvalue weighted by Gasteiger charge is -2.12. The van der Waals surface area contributed by atoms with Gasteiger partial charge in [0.2, 0.25) is 5.91 Å². The number of nitrogens with one attached hydrogen (secondary N) is 2. The van der Waals surface area contributed by atoms with Gasteiger partial charge in [-0.15, -0.1) is 11.3 Å². The molecule has 1 saturated heterocycles. The zero-order chi connectivity index (χ0) is 19.5. The first-order chi connectivity index (χ1) is 13.6. The largest absolute Gasteiger partial charge is 0.361 e. The van der Waals surface area contributed by atoms with Gasteiger partial charge in [-0.25, -0.2) is 0 Å². The number of carbonyl (C=O) groups excluding carboxylic acids is 3. The topological polar surface area (TPSA) is 82.3 Å². The third-order valence-corrected chi connectivity index (χ3v) is 6.11. The number of H-pyrrole nitrogens is 1. The van der Waals surface area contributed by atoms with Crippen LogP contribution in [-0.4, -0.2) is 40.0 Å². The number of thiophene rings is 1. The summed E-state index contributed by atoms with van der Waals surface area (Å²) in [5.74, 6) is -0.769. The van der Waals surface area contributed by atoms with Crippen molar-refractivity contribution in [3.8, 4) is 0 Å². The van der Waals surface area contributed by atoms with Gasteiger partial charge in [0, 0.05) is 28.5 Å². The molecule has 6 nitrogen and oxygen atoms in total. The molecule has 2 N–H and O–H groups in total. The Labute approximate surface area is 169 Å². The number of aromatic amines is 1. The van der Waals surface area contributed by atoms with E-state index in [4.69, 9.17) is 0 Å². The Morgan fingerprint density at radius 1 is 1.18 bits per heavy atom. The van der Waals surface area contributed by atoms with Crippen molar-refractivity contribution in [3.05, 3.63) is 63.3 Å². The molecule has 0 atom stereocenters. The number of rotatable bonds is 6. The number of amides is 3. The van der Waals surface area contributed by atoms with Crippen molar-refractivity contribution < 1.29 is 14.4 Å². The Morgan fingerprint density at radius 3 is 2.86 bits per heavy atom. The van der Waals surface area contributed by atoms with Crippen LogP contribution >= 0.6 is 23.1 Å². The number of para-hydroxylation sites is 1. The Morgan fingerprint density at radius 2 is 2.04 bits per heavy atom. The van der Waals surface area contributed by atoms with Gasteiger partial charge in [0.1, 0.15) is 6.54 Å². The van der Waals surface area contributed by atoms with Crippen molar-refractivity contribution >= 4 is 57.1 Å². The van der Waals surface area contributed by atoms with Gasteiger partial charge >= 0.3 is 0 Å². The third kappa shape index (κ3) is 3.88. The maximum atomic E-state index is 12.4. The van der Waals surface area contributed by atoms with Crippen molar-refractivity contribution in [3.63, 3.8) is 0 Å². The Kier molecular flexibility index (Phi) is 5.31. The lowest BCUT2D eigenvalue weighted by molar-refractivity contribution is -0.129. The minimum Gasteiger partial charge on any atom is -0.361 e. The van der Waals surface area contributed by atoms with Gasteiger partial charge < -0.3 is 10.3 Å². The molecule has 0 radical (unpaired) electrons. The molecule has 142 valence electrons. The van der Waals surface area contributed by atoms with Gasteiger partial charge in [0.25, 0.3) is 11.1 Å². The summed E-state index contributed by atoms with van der Waals surface area (Å²) < 4.78 is 0. The molecule has 2 aromatic heterocycles. The molecule has 1 aliphatic heterocycles. The van der Waals surface area contributed by atoms with Crippen molar-refractivity contribution in [1.82, 2.24) is 15.2 Å². The highest BCUT2D eigenvalue weighted by atomic mass is 32.2. The molecule has 4 rings (SSSR count). The van der Waals surface area contributed by atoms with Crippen molar-refractivity contribution in [1.29, 1.82) is 0 Å². The number of hydrogen-bond donors (Lipinski definition) is 2. The zero-order valence-electron chi connectivity index (χ0n) is 14.8. The Balaban J connectivity index is 1.32. The molecule has 1 fully saturated rings. The van der Waals surface area contributed by atoms with E-state index in [1.54, 1.807) is 6.08 Å². The van der Waals surface area contributed by atoms with Gasteiger partial charge in [-0.3, -0.25) is 19.3 Å². The first kappa shape index (κ1) is 18.5. The maximum absolute atomic E-state index is 12.4. The summed E-state index contributed by atoms with van der Waals surface area (Å²) >= 11 is 2.35. The van der Waals surface area contributed by atoms with Crippen LogP contribution in [0.2, 0.25) is 0 Å². The Bertz CT molecular complexity index is 1070. The fourth-order valence-electron chi connectivity index (χ4n) is 3.01. The number of fused-ring (bicyclic) bond motifs is 1. The number of imide groups is 1. The fraction of sp³-hybridized carbons (Fsp3) is 0.150. The molecule has 28 heavy (non-hydrogen) atoms. The Hall–Kier alpha value is -2.84. The van der Waals surface area contributed by atoms with Gasteiger partial charge in [-0.05, 0) is 47.3 Å². The predicted octanol–water partition coefficient (Wildman–Crippen LogP) is 3.62. The number of aromatic nitrogens is 1. The van der Waals surface area contributed by atoms with E-state index >= 15 is 0 Å². The summed E-state index contributed by atoms with van der Waals surface area (Å²) in [4.78, 5) is 42.2. The van der Waals surface area contributed by atoms with E-state index in [1.165, 1.54) is 11.3 Å². The molecule has 0 aliphatic carbocycles. The van der Waals surface area contributed by atoms with E-state index in [9.17, 15) is 14.4 Å². The fourth-order valence-corrected chi connectivity index (χ4v) is 4.57. The molecule has 1 aromatic carbocycles. The smallest absolute Gasteiger partial charge is 0.294 e. The van der Waals surface area contributed by atoms with Crippen LogP contribution < -0.4 is 5.32 Å². The van der Waals surface area contributed by atoms with Crippen LogP contribution in [0, 0.1) is 0 Å². The zero-order valence-corrected chi connectivity index (χ0v) is 16.4. The lowest BCUT2D eigenvalue weighted by Crippen LogP contribution is -2.40. The van der Waals surface area contributed by atoms with Crippen LogP contribution in [0.5, 0.6) is 0 Å². The summed E-state index contributed by atoms with van der Waals surface area (Å²) in [5.41, 5.74) is 2.17. The van der Waals surface area contributed by atoms with Gasteiger partial charge in [0.15, 0.2) is 0 Å². The molecule has 0 saturated carbocycles. The van der Waals surface area contributed by atoms with Crippen LogP contribution in [0.25, 0.3) is 17.0 Å². The second-order valence-electron chi connectivity index (χ2n) is 6.24. The minimum absolute atomic E-state index is 0.264. The van der Waals surface area contributed by atoms with Gasteiger partial charge in [0.05, 0.1) is 4.91 Å².